The summed E-state index contributed by atoms with van der Waals surface area (Å²) in [7, 11) is 0. The van der Waals surface area contributed by atoms with Gasteiger partial charge in [-0.3, -0.25) is 0 Å². The topological polar surface area (TPSA) is 25.2 Å². The Hall–Kier alpha value is -0.910. The first-order valence-corrected chi connectivity index (χ1v) is 5.07. The van der Waals surface area contributed by atoms with Crippen molar-refractivity contribution in [1.29, 1.82) is 0 Å². The predicted molar refractivity (Wildman–Crippen MR) is 58.2 cm³/mol. The summed E-state index contributed by atoms with van der Waals surface area (Å²) in [6.07, 6.45) is 6.82. The molecule has 2 nitrogen and oxygen atoms in total. The fourth-order valence-corrected chi connectivity index (χ4v) is 1.49. The molecule has 0 saturated carbocycles. The molecule has 1 N–H and O–H groups in total. The third kappa shape index (κ3) is 3.10. The van der Waals surface area contributed by atoms with Crippen LogP contribution in [0.3, 0.4) is 0 Å². The van der Waals surface area contributed by atoms with Gasteiger partial charge < -0.3 is 9.73 Å². The van der Waals surface area contributed by atoms with Crippen LogP contribution in [0.25, 0.3) is 0 Å². The molecule has 0 bridgehead atoms. The lowest BCUT2D eigenvalue weighted by Crippen LogP contribution is -2.20. The number of terminal acetylenes is 1. The summed E-state index contributed by atoms with van der Waals surface area (Å²) in [5, 5.41) is 3.72. The van der Waals surface area contributed by atoms with E-state index in [2.05, 4.69) is 11.2 Å². The van der Waals surface area contributed by atoms with Crippen LogP contribution < -0.4 is 5.32 Å². The number of furan rings is 1. The molecule has 1 unspecified atom stereocenters. The van der Waals surface area contributed by atoms with Gasteiger partial charge in [0.15, 0.2) is 5.22 Å². The van der Waals surface area contributed by atoms with Crippen LogP contribution >= 0.6 is 11.6 Å². The largest absolute Gasteiger partial charge is 0.448 e. The van der Waals surface area contributed by atoms with Gasteiger partial charge >= 0.3 is 0 Å². The van der Waals surface area contributed by atoms with Crippen molar-refractivity contribution >= 4 is 11.6 Å². The van der Waals surface area contributed by atoms with Crippen LogP contribution in [-0.2, 0) is 0 Å². The molecule has 0 aliphatic rings. The van der Waals surface area contributed by atoms with Crippen molar-refractivity contribution in [3.63, 3.8) is 0 Å². The smallest absolute Gasteiger partial charge is 0.193 e. The van der Waals surface area contributed by atoms with Gasteiger partial charge in [-0.2, -0.15) is 0 Å². The van der Waals surface area contributed by atoms with E-state index >= 15 is 0 Å². The standard InChI is InChI=1S/C11H14ClNO/c1-3-5-6-9(13-4-2)10-7-8-11(12)14-10/h1,7-9,13H,4-6H2,2H3. The maximum absolute atomic E-state index is 5.70. The number of hydrogen-bond donors (Lipinski definition) is 1. The number of nitrogens with one attached hydrogen (secondary N) is 1. The van der Waals surface area contributed by atoms with Crippen LogP contribution in [0, 0.1) is 12.3 Å². The molecule has 0 aliphatic carbocycles. The number of halogens is 1. The Morgan fingerprint density at radius 1 is 1.64 bits per heavy atom. The molecule has 1 heterocycles. The van der Waals surface area contributed by atoms with E-state index in [0.29, 0.717) is 5.22 Å². The molecular weight excluding hydrogens is 198 g/mol. The zero-order valence-corrected chi connectivity index (χ0v) is 8.97. The quantitative estimate of drug-likeness (QED) is 0.758. The SMILES string of the molecule is C#CCCC(NCC)c1ccc(Cl)o1. The minimum Gasteiger partial charge on any atom is -0.448 e. The first kappa shape index (κ1) is 11.2. The van der Waals surface area contributed by atoms with Gasteiger partial charge in [0.05, 0.1) is 6.04 Å². The lowest BCUT2D eigenvalue weighted by molar-refractivity contribution is 0.405. The van der Waals surface area contributed by atoms with Gasteiger partial charge in [-0.05, 0) is 36.7 Å². The second-order valence-corrected chi connectivity index (χ2v) is 3.37. The second kappa shape index (κ2) is 5.74. The molecule has 1 rings (SSSR count). The second-order valence-electron chi connectivity index (χ2n) is 2.99. The van der Waals surface area contributed by atoms with E-state index in [1.807, 2.05) is 13.0 Å². The molecule has 0 fully saturated rings. The maximum atomic E-state index is 5.70. The van der Waals surface area contributed by atoms with E-state index in [-0.39, 0.29) is 6.04 Å². The molecular formula is C11H14ClNO. The van der Waals surface area contributed by atoms with E-state index in [4.69, 9.17) is 22.4 Å². The van der Waals surface area contributed by atoms with Crippen LogP contribution in [0.5, 0.6) is 0 Å². The van der Waals surface area contributed by atoms with Crippen LogP contribution in [0.2, 0.25) is 5.22 Å². The van der Waals surface area contributed by atoms with Crippen molar-refractivity contribution in [2.75, 3.05) is 6.54 Å². The zero-order valence-electron chi connectivity index (χ0n) is 8.22. The predicted octanol–water partition coefficient (Wildman–Crippen LogP) is 3.00. The highest BCUT2D eigenvalue weighted by Crippen LogP contribution is 2.23. The van der Waals surface area contributed by atoms with Gasteiger partial charge in [-0.1, -0.05) is 6.92 Å². The Bertz CT molecular complexity index is 313. The van der Waals surface area contributed by atoms with E-state index in [9.17, 15) is 0 Å². The highest BCUT2D eigenvalue weighted by Gasteiger charge is 2.13. The fraction of sp³-hybridized carbons (Fsp3) is 0.455. The molecule has 1 aromatic rings. The monoisotopic (exact) mass is 211 g/mol. The first-order chi connectivity index (χ1) is 6.77. The van der Waals surface area contributed by atoms with Crippen molar-refractivity contribution in [2.45, 2.75) is 25.8 Å². The van der Waals surface area contributed by atoms with Gasteiger partial charge in [-0.15, -0.1) is 12.3 Å². The summed E-state index contributed by atoms with van der Waals surface area (Å²) in [6.45, 7) is 2.93. The molecule has 0 saturated heterocycles. The third-order valence-electron chi connectivity index (χ3n) is 1.97. The minimum atomic E-state index is 0.170. The minimum absolute atomic E-state index is 0.170. The van der Waals surface area contributed by atoms with Crippen molar-refractivity contribution in [3.05, 3.63) is 23.1 Å². The number of rotatable bonds is 5. The summed E-state index contributed by atoms with van der Waals surface area (Å²) in [6, 6.07) is 3.80. The summed E-state index contributed by atoms with van der Waals surface area (Å²) in [4.78, 5) is 0. The summed E-state index contributed by atoms with van der Waals surface area (Å²) >= 11 is 5.70. The van der Waals surface area contributed by atoms with E-state index < -0.39 is 0 Å². The summed E-state index contributed by atoms with van der Waals surface area (Å²) in [5.41, 5.74) is 0. The molecule has 0 aliphatic heterocycles. The highest BCUT2D eigenvalue weighted by atomic mass is 35.5. The Kier molecular flexibility index (Phi) is 4.58. The molecule has 0 spiro atoms. The molecule has 1 aromatic heterocycles. The van der Waals surface area contributed by atoms with Crippen molar-refractivity contribution in [2.24, 2.45) is 0 Å². The Morgan fingerprint density at radius 2 is 2.43 bits per heavy atom. The summed E-state index contributed by atoms with van der Waals surface area (Å²) in [5.74, 6) is 3.47. The first-order valence-electron chi connectivity index (χ1n) is 4.70. The molecule has 1 atom stereocenters. The highest BCUT2D eigenvalue weighted by molar-refractivity contribution is 6.28. The normalized spacial score (nSPS) is 12.4. The Morgan fingerprint density at radius 3 is 2.93 bits per heavy atom. The van der Waals surface area contributed by atoms with Crippen LogP contribution in [0.15, 0.2) is 16.5 Å². The Labute approximate surface area is 89.6 Å². The van der Waals surface area contributed by atoms with Crippen LogP contribution in [0.4, 0.5) is 0 Å². The van der Waals surface area contributed by atoms with Gasteiger partial charge in [0.25, 0.3) is 0 Å². The average Bonchev–Trinajstić information content (AvgIpc) is 2.59. The van der Waals surface area contributed by atoms with E-state index in [1.54, 1.807) is 6.07 Å². The molecule has 3 heteroatoms. The molecule has 14 heavy (non-hydrogen) atoms. The van der Waals surface area contributed by atoms with Gasteiger partial charge in [-0.25, -0.2) is 0 Å². The van der Waals surface area contributed by atoms with Crippen LogP contribution in [-0.4, -0.2) is 6.54 Å². The maximum Gasteiger partial charge on any atom is 0.193 e. The average molecular weight is 212 g/mol. The molecule has 0 amide bonds. The third-order valence-corrected chi connectivity index (χ3v) is 2.17. The zero-order chi connectivity index (χ0) is 10.4. The lowest BCUT2D eigenvalue weighted by atomic mass is 10.1. The fourth-order valence-electron chi connectivity index (χ4n) is 1.33. The van der Waals surface area contributed by atoms with Gasteiger partial charge in [0.1, 0.15) is 5.76 Å². The molecule has 76 valence electrons. The van der Waals surface area contributed by atoms with Gasteiger partial charge in [0.2, 0.25) is 0 Å². The number of hydrogen-bond acceptors (Lipinski definition) is 2. The van der Waals surface area contributed by atoms with Gasteiger partial charge in [0, 0.05) is 6.42 Å². The Balaban J connectivity index is 2.63. The lowest BCUT2D eigenvalue weighted by Gasteiger charge is -2.13. The van der Waals surface area contributed by atoms with E-state index in [1.165, 1.54) is 0 Å². The van der Waals surface area contributed by atoms with Crippen LogP contribution in [0.1, 0.15) is 31.6 Å². The molecule has 0 radical (unpaired) electrons. The van der Waals surface area contributed by atoms with Crippen molar-refractivity contribution in [1.82, 2.24) is 5.32 Å². The summed E-state index contributed by atoms with van der Waals surface area (Å²) < 4.78 is 5.33. The van der Waals surface area contributed by atoms with E-state index in [0.717, 1.165) is 25.1 Å². The van der Waals surface area contributed by atoms with Crippen molar-refractivity contribution < 1.29 is 4.42 Å². The van der Waals surface area contributed by atoms with Crippen molar-refractivity contribution in [3.8, 4) is 12.3 Å². The molecule has 0 aromatic carbocycles.